The number of hydrogen-bond donors (Lipinski definition) is 2. The molecule has 0 spiro atoms. The molecule has 4 rings (SSSR count). The fourth-order valence-electron chi connectivity index (χ4n) is 3.91. The number of hydrogen-bond acceptors (Lipinski definition) is 6. The molecule has 9 heteroatoms. The van der Waals surface area contributed by atoms with E-state index in [1.165, 1.54) is 4.68 Å². The third-order valence-electron chi connectivity index (χ3n) is 5.80. The number of carbonyl (C=O) groups excluding carboxylic acids is 2. The van der Waals surface area contributed by atoms with Crippen LogP contribution >= 0.6 is 0 Å². The average Bonchev–Trinajstić information content (AvgIpc) is 2.88. The van der Waals surface area contributed by atoms with Gasteiger partial charge in [-0.3, -0.25) is 30.2 Å². The number of pyridine rings is 1. The lowest BCUT2D eigenvalue weighted by atomic mass is 10.1. The van der Waals surface area contributed by atoms with Gasteiger partial charge in [0.05, 0.1) is 29.3 Å². The largest absolute Gasteiger partial charge is 0.497 e. The second kappa shape index (κ2) is 10.3. The van der Waals surface area contributed by atoms with Gasteiger partial charge in [0.25, 0.3) is 17.4 Å². The second-order valence-corrected chi connectivity index (χ2v) is 8.22. The van der Waals surface area contributed by atoms with Crippen molar-refractivity contribution in [2.75, 3.05) is 7.11 Å². The van der Waals surface area contributed by atoms with Crippen LogP contribution in [0.25, 0.3) is 21.7 Å². The van der Waals surface area contributed by atoms with Crippen molar-refractivity contribution < 1.29 is 14.3 Å². The van der Waals surface area contributed by atoms with Gasteiger partial charge in [-0.15, -0.1) is 0 Å². The zero-order chi connectivity index (χ0) is 24.9. The van der Waals surface area contributed by atoms with Crippen LogP contribution < -0.4 is 21.1 Å². The fraction of sp³-hybridized carbons (Fsp3) is 0.269. The van der Waals surface area contributed by atoms with Crippen LogP contribution in [0, 0.1) is 6.92 Å². The van der Waals surface area contributed by atoms with Gasteiger partial charge in [-0.1, -0.05) is 38.0 Å². The van der Waals surface area contributed by atoms with Crippen LogP contribution in [-0.4, -0.2) is 33.7 Å². The SMILES string of the molecule is CCCCCn1nc(C(=O)NNC(=O)c2cc3cc(OC)ccc3nc2C)c2ccccc2c1=O. The Morgan fingerprint density at radius 1 is 1.00 bits per heavy atom. The van der Waals surface area contributed by atoms with Crippen LogP contribution in [0.2, 0.25) is 0 Å². The molecule has 2 aromatic heterocycles. The van der Waals surface area contributed by atoms with Gasteiger partial charge >= 0.3 is 0 Å². The smallest absolute Gasteiger partial charge is 0.290 e. The zero-order valence-electron chi connectivity index (χ0n) is 19.9. The number of rotatable bonds is 7. The Morgan fingerprint density at radius 2 is 1.74 bits per heavy atom. The van der Waals surface area contributed by atoms with Crippen molar-refractivity contribution in [2.45, 2.75) is 39.7 Å². The summed E-state index contributed by atoms with van der Waals surface area (Å²) in [6.45, 7) is 4.21. The van der Waals surface area contributed by atoms with E-state index in [1.54, 1.807) is 56.5 Å². The number of methoxy groups -OCH3 is 1. The Balaban J connectivity index is 1.59. The number of nitrogens with zero attached hydrogens (tertiary/aromatic N) is 3. The third kappa shape index (κ3) is 4.98. The molecule has 0 saturated carbocycles. The third-order valence-corrected chi connectivity index (χ3v) is 5.80. The quantitative estimate of drug-likeness (QED) is 0.313. The highest BCUT2D eigenvalue weighted by molar-refractivity contribution is 6.06. The van der Waals surface area contributed by atoms with Gasteiger partial charge in [0.2, 0.25) is 0 Å². The molecule has 0 atom stereocenters. The van der Waals surface area contributed by atoms with E-state index in [2.05, 4.69) is 27.9 Å². The van der Waals surface area contributed by atoms with Gasteiger partial charge in [-0.25, -0.2) is 4.68 Å². The first-order valence-corrected chi connectivity index (χ1v) is 11.5. The molecule has 0 saturated heterocycles. The molecule has 4 aromatic rings. The maximum atomic E-state index is 13.0. The summed E-state index contributed by atoms with van der Waals surface area (Å²) in [5, 5.41) is 5.87. The normalized spacial score (nSPS) is 10.9. The summed E-state index contributed by atoms with van der Waals surface area (Å²) in [5.74, 6) is -0.490. The molecule has 0 aliphatic heterocycles. The highest BCUT2D eigenvalue weighted by Gasteiger charge is 2.18. The van der Waals surface area contributed by atoms with Crippen LogP contribution in [0.15, 0.2) is 53.3 Å². The molecule has 2 heterocycles. The van der Waals surface area contributed by atoms with Crippen LogP contribution in [0.5, 0.6) is 5.75 Å². The lowest BCUT2D eigenvalue weighted by molar-refractivity contribution is 0.0843. The maximum Gasteiger partial charge on any atom is 0.290 e. The summed E-state index contributed by atoms with van der Waals surface area (Å²) in [6.07, 6.45) is 2.72. The van der Waals surface area contributed by atoms with E-state index < -0.39 is 11.8 Å². The molecule has 0 aliphatic carbocycles. The van der Waals surface area contributed by atoms with Gasteiger partial charge in [-0.2, -0.15) is 5.10 Å². The predicted molar refractivity (Wildman–Crippen MR) is 133 cm³/mol. The first-order chi connectivity index (χ1) is 16.9. The lowest BCUT2D eigenvalue weighted by Gasteiger charge is -2.13. The summed E-state index contributed by atoms with van der Waals surface area (Å²) in [4.78, 5) is 43.2. The van der Waals surface area contributed by atoms with Crippen molar-refractivity contribution in [3.05, 3.63) is 75.8 Å². The van der Waals surface area contributed by atoms with E-state index >= 15 is 0 Å². The number of unbranched alkanes of at least 4 members (excludes halogenated alkanes) is 2. The van der Waals surface area contributed by atoms with Crippen molar-refractivity contribution >= 4 is 33.5 Å². The molecule has 2 N–H and O–H groups in total. The molecule has 2 aromatic carbocycles. The Bertz CT molecular complexity index is 1480. The van der Waals surface area contributed by atoms with E-state index in [1.807, 2.05) is 6.07 Å². The molecule has 180 valence electrons. The highest BCUT2D eigenvalue weighted by atomic mass is 16.5. The Labute approximate surface area is 202 Å². The van der Waals surface area contributed by atoms with E-state index in [9.17, 15) is 14.4 Å². The van der Waals surface area contributed by atoms with Gasteiger partial charge in [0.1, 0.15) is 5.75 Å². The Morgan fingerprint density at radius 3 is 2.49 bits per heavy atom. The van der Waals surface area contributed by atoms with E-state index in [4.69, 9.17) is 4.74 Å². The summed E-state index contributed by atoms with van der Waals surface area (Å²) < 4.78 is 6.57. The van der Waals surface area contributed by atoms with Gasteiger partial charge in [0, 0.05) is 17.3 Å². The van der Waals surface area contributed by atoms with Gasteiger partial charge < -0.3 is 4.74 Å². The van der Waals surface area contributed by atoms with Crippen molar-refractivity contribution in [3.63, 3.8) is 0 Å². The molecule has 0 bridgehead atoms. The summed E-state index contributed by atoms with van der Waals surface area (Å²) in [5.41, 5.74) is 6.25. The molecule has 2 amide bonds. The van der Waals surface area contributed by atoms with Crippen molar-refractivity contribution in [1.29, 1.82) is 0 Å². The number of carbonyl (C=O) groups is 2. The zero-order valence-corrected chi connectivity index (χ0v) is 19.9. The predicted octanol–water partition coefficient (Wildman–Crippen LogP) is 3.53. The number of amides is 2. The Hall–Kier alpha value is -4.27. The minimum absolute atomic E-state index is 0.0649. The average molecular weight is 474 g/mol. The van der Waals surface area contributed by atoms with E-state index in [0.717, 1.165) is 30.2 Å². The summed E-state index contributed by atoms with van der Waals surface area (Å²) >= 11 is 0. The van der Waals surface area contributed by atoms with Gasteiger partial charge in [-0.05, 0) is 43.7 Å². The molecule has 0 fully saturated rings. The van der Waals surface area contributed by atoms with Crippen LogP contribution in [0.4, 0.5) is 0 Å². The first kappa shape index (κ1) is 23.9. The lowest BCUT2D eigenvalue weighted by Crippen LogP contribution is -2.43. The molecule has 0 aliphatic rings. The van der Waals surface area contributed by atoms with Crippen LogP contribution in [0.1, 0.15) is 52.7 Å². The standard InChI is InChI=1S/C26H27N5O4/c1-4-5-8-13-31-26(34)20-10-7-6-9-19(20)23(30-31)25(33)29-28-24(32)21-15-17-14-18(35-3)11-12-22(17)27-16(21)2/h6-7,9-12,14-15H,4-5,8,13H2,1-3H3,(H,28,32)(H,29,33). The van der Waals surface area contributed by atoms with Gasteiger partial charge in [0.15, 0.2) is 5.69 Å². The molecular weight excluding hydrogens is 446 g/mol. The van der Waals surface area contributed by atoms with Crippen LogP contribution in [-0.2, 0) is 6.54 Å². The second-order valence-electron chi connectivity index (χ2n) is 8.22. The summed E-state index contributed by atoms with van der Waals surface area (Å²) in [7, 11) is 1.57. The summed E-state index contributed by atoms with van der Waals surface area (Å²) in [6, 6.07) is 13.9. The van der Waals surface area contributed by atoms with Crippen molar-refractivity contribution in [1.82, 2.24) is 25.6 Å². The number of aryl methyl sites for hydroxylation is 2. The van der Waals surface area contributed by atoms with Crippen LogP contribution in [0.3, 0.4) is 0 Å². The van der Waals surface area contributed by atoms with Crippen molar-refractivity contribution in [2.24, 2.45) is 0 Å². The number of hydrazine groups is 1. The Kier molecular flexibility index (Phi) is 7.05. The number of ether oxygens (including phenoxy) is 1. The number of nitrogens with one attached hydrogen (secondary N) is 2. The molecule has 9 nitrogen and oxygen atoms in total. The topological polar surface area (TPSA) is 115 Å². The first-order valence-electron chi connectivity index (χ1n) is 11.5. The molecule has 0 unspecified atom stereocenters. The minimum Gasteiger partial charge on any atom is -0.497 e. The highest BCUT2D eigenvalue weighted by Crippen LogP contribution is 2.22. The molecular formula is C26H27N5O4. The van der Waals surface area contributed by atoms with Crippen molar-refractivity contribution in [3.8, 4) is 5.75 Å². The fourth-order valence-corrected chi connectivity index (χ4v) is 3.91. The number of benzene rings is 2. The monoisotopic (exact) mass is 473 g/mol. The van der Waals surface area contributed by atoms with E-state index in [0.29, 0.717) is 34.3 Å². The molecule has 0 radical (unpaired) electrons. The van der Waals surface area contributed by atoms with E-state index in [-0.39, 0.29) is 11.3 Å². The minimum atomic E-state index is -0.619. The maximum absolute atomic E-state index is 13.0. The molecule has 35 heavy (non-hydrogen) atoms. The number of fused-ring (bicyclic) bond motifs is 2. The number of aromatic nitrogens is 3.